The van der Waals surface area contributed by atoms with E-state index in [1.807, 2.05) is 0 Å². The van der Waals surface area contributed by atoms with E-state index in [1.165, 1.54) is 18.5 Å². The summed E-state index contributed by atoms with van der Waals surface area (Å²) >= 11 is 9.16. The van der Waals surface area contributed by atoms with Crippen LogP contribution in [0.1, 0.15) is 0 Å². The van der Waals surface area contributed by atoms with Crippen molar-refractivity contribution in [1.82, 2.24) is 19.9 Å². The van der Waals surface area contributed by atoms with Gasteiger partial charge in [-0.3, -0.25) is 0 Å². The SMILES string of the molecule is O=S(=O)(Nc1nc(Cl)c2[nH]cnc2n1)c1cccc(Br)c1. The van der Waals surface area contributed by atoms with Crippen LogP contribution in [0, 0.1) is 0 Å². The molecule has 0 saturated carbocycles. The highest BCUT2D eigenvalue weighted by molar-refractivity contribution is 9.10. The lowest BCUT2D eigenvalue weighted by Crippen LogP contribution is -2.15. The molecule has 0 aliphatic heterocycles. The molecule has 1 aromatic carbocycles. The van der Waals surface area contributed by atoms with Crippen LogP contribution in [-0.2, 0) is 10.0 Å². The third kappa shape index (κ3) is 2.85. The molecule has 0 atom stereocenters. The van der Waals surface area contributed by atoms with E-state index in [0.29, 0.717) is 9.99 Å². The topological polar surface area (TPSA) is 101 Å². The Hall–Kier alpha value is -1.71. The van der Waals surface area contributed by atoms with Gasteiger partial charge < -0.3 is 4.98 Å². The van der Waals surface area contributed by atoms with E-state index in [2.05, 4.69) is 40.6 Å². The second kappa shape index (κ2) is 5.24. The number of nitrogens with one attached hydrogen (secondary N) is 2. The number of rotatable bonds is 3. The zero-order valence-corrected chi connectivity index (χ0v) is 13.4. The zero-order valence-electron chi connectivity index (χ0n) is 10.2. The quantitative estimate of drug-likeness (QED) is 0.672. The summed E-state index contributed by atoms with van der Waals surface area (Å²) < 4.78 is 27.4. The molecule has 0 fully saturated rings. The highest BCUT2D eigenvalue weighted by atomic mass is 79.9. The maximum atomic E-state index is 12.3. The third-order valence-corrected chi connectivity index (χ3v) is 4.67. The number of imidazole rings is 1. The van der Waals surface area contributed by atoms with Gasteiger partial charge >= 0.3 is 0 Å². The highest BCUT2D eigenvalue weighted by Crippen LogP contribution is 2.21. The summed E-state index contributed by atoms with van der Waals surface area (Å²) in [6.07, 6.45) is 1.40. The first-order valence-corrected chi connectivity index (χ1v) is 8.26. The van der Waals surface area contributed by atoms with Gasteiger partial charge in [-0.05, 0) is 18.2 Å². The van der Waals surface area contributed by atoms with Crippen LogP contribution in [0.2, 0.25) is 5.15 Å². The summed E-state index contributed by atoms with van der Waals surface area (Å²) in [5.74, 6) is -0.139. The molecule has 0 unspecified atom stereocenters. The molecule has 7 nitrogen and oxygen atoms in total. The van der Waals surface area contributed by atoms with Gasteiger partial charge in [-0.25, -0.2) is 18.1 Å². The fourth-order valence-corrected chi connectivity index (χ4v) is 3.42. The minimum Gasteiger partial charge on any atom is -0.341 e. The molecule has 0 spiro atoms. The molecule has 3 rings (SSSR count). The van der Waals surface area contributed by atoms with E-state index in [-0.39, 0.29) is 21.6 Å². The Labute approximate surface area is 133 Å². The van der Waals surface area contributed by atoms with Crippen LogP contribution >= 0.6 is 27.5 Å². The number of hydrogen-bond acceptors (Lipinski definition) is 5. The predicted molar refractivity (Wildman–Crippen MR) is 81.6 cm³/mol. The lowest BCUT2D eigenvalue weighted by Gasteiger charge is -2.07. The number of sulfonamides is 1. The number of aromatic nitrogens is 4. The molecule has 3 aromatic rings. The smallest absolute Gasteiger partial charge is 0.264 e. The molecule has 0 aliphatic carbocycles. The van der Waals surface area contributed by atoms with Crippen LogP contribution in [0.3, 0.4) is 0 Å². The molecule has 2 heterocycles. The predicted octanol–water partition coefficient (Wildman–Crippen LogP) is 2.57. The first-order chi connectivity index (χ1) is 9.95. The number of benzene rings is 1. The van der Waals surface area contributed by atoms with Gasteiger partial charge in [-0.15, -0.1) is 0 Å². The molecule has 108 valence electrons. The van der Waals surface area contributed by atoms with Crippen molar-refractivity contribution in [1.29, 1.82) is 0 Å². The van der Waals surface area contributed by atoms with Gasteiger partial charge in [0.25, 0.3) is 10.0 Å². The van der Waals surface area contributed by atoms with Gasteiger partial charge in [0.2, 0.25) is 5.95 Å². The largest absolute Gasteiger partial charge is 0.341 e. The molecular formula is C11H7BrClN5O2S. The summed E-state index contributed by atoms with van der Waals surface area (Å²) in [5, 5.41) is 0.0874. The van der Waals surface area contributed by atoms with E-state index in [0.717, 1.165) is 0 Å². The number of halogens is 2. The number of aromatic amines is 1. The molecule has 21 heavy (non-hydrogen) atoms. The van der Waals surface area contributed by atoms with E-state index < -0.39 is 10.0 Å². The molecule has 2 N–H and O–H groups in total. The van der Waals surface area contributed by atoms with Crippen molar-refractivity contribution in [2.75, 3.05) is 4.72 Å². The Morgan fingerprint density at radius 2 is 2.10 bits per heavy atom. The summed E-state index contributed by atoms with van der Waals surface area (Å²) in [4.78, 5) is 14.6. The number of H-pyrrole nitrogens is 1. The van der Waals surface area contributed by atoms with Gasteiger partial charge in [-0.2, -0.15) is 9.97 Å². The summed E-state index contributed by atoms with van der Waals surface area (Å²) in [6.45, 7) is 0. The average molecular weight is 389 g/mol. The van der Waals surface area contributed by atoms with Crippen molar-refractivity contribution in [3.05, 3.63) is 40.2 Å². The van der Waals surface area contributed by atoms with Crippen LogP contribution in [0.4, 0.5) is 5.95 Å². The summed E-state index contributed by atoms with van der Waals surface area (Å²) in [5.41, 5.74) is 0.726. The van der Waals surface area contributed by atoms with Crippen molar-refractivity contribution < 1.29 is 8.42 Å². The monoisotopic (exact) mass is 387 g/mol. The van der Waals surface area contributed by atoms with Gasteiger partial charge in [0.05, 0.1) is 11.2 Å². The maximum Gasteiger partial charge on any atom is 0.264 e. The van der Waals surface area contributed by atoms with Crippen molar-refractivity contribution in [3.63, 3.8) is 0 Å². The Morgan fingerprint density at radius 3 is 2.86 bits per heavy atom. The van der Waals surface area contributed by atoms with Crippen LogP contribution < -0.4 is 4.72 Å². The molecule has 0 radical (unpaired) electrons. The maximum absolute atomic E-state index is 12.3. The Morgan fingerprint density at radius 1 is 1.29 bits per heavy atom. The van der Waals surface area contributed by atoms with E-state index in [1.54, 1.807) is 12.1 Å². The first-order valence-electron chi connectivity index (χ1n) is 5.61. The molecule has 10 heteroatoms. The summed E-state index contributed by atoms with van der Waals surface area (Å²) in [6, 6.07) is 6.27. The van der Waals surface area contributed by atoms with E-state index in [4.69, 9.17) is 11.6 Å². The van der Waals surface area contributed by atoms with Crippen molar-refractivity contribution in [2.45, 2.75) is 4.90 Å². The highest BCUT2D eigenvalue weighted by Gasteiger charge is 2.17. The van der Waals surface area contributed by atoms with Crippen molar-refractivity contribution >= 4 is 54.7 Å². The minimum atomic E-state index is -3.81. The van der Waals surface area contributed by atoms with Gasteiger partial charge in [0, 0.05) is 4.47 Å². The van der Waals surface area contributed by atoms with E-state index >= 15 is 0 Å². The van der Waals surface area contributed by atoms with Gasteiger partial charge in [0.15, 0.2) is 10.8 Å². The molecule has 0 saturated heterocycles. The molecular weight excluding hydrogens is 382 g/mol. The lowest BCUT2D eigenvalue weighted by atomic mass is 10.4. The summed E-state index contributed by atoms with van der Waals surface area (Å²) in [7, 11) is -3.81. The fraction of sp³-hybridized carbons (Fsp3) is 0. The number of hydrogen-bond donors (Lipinski definition) is 2. The van der Waals surface area contributed by atoms with Crippen molar-refractivity contribution in [2.24, 2.45) is 0 Å². The van der Waals surface area contributed by atoms with Gasteiger partial charge in [-0.1, -0.05) is 33.6 Å². The average Bonchev–Trinajstić information content (AvgIpc) is 2.87. The second-order valence-corrected chi connectivity index (χ2v) is 6.96. The van der Waals surface area contributed by atoms with Gasteiger partial charge in [0.1, 0.15) is 5.52 Å². The third-order valence-electron chi connectivity index (χ3n) is 2.57. The Kier molecular flexibility index (Phi) is 3.56. The molecule has 0 aliphatic rings. The molecule has 0 amide bonds. The molecule has 0 bridgehead atoms. The standard InChI is InChI=1S/C11H7BrClN5O2S/c12-6-2-1-3-7(4-6)21(19,20)18-11-16-9(13)8-10(17-11)15-5-14-8/h1-5H,(H2,14,15,16,17,18). The second-order valence-electron chi connectivity index (χ2n) is 4.00. The van der Waals surface area contributed by atoms with E-state index in [9.17, 15) is 8.42 Å². The minimum absolute atomic E-state index is 0.0822. The number of anilines is 1. The van der Waals surface area contributed by atoms with Crippen molar-refractivity contribution in [3.8, 4) is 0 Å². The number of fused-ring (bicyclic) bond motifs is 1. The normalized spacial score (nSPS) is 11.7. The van der Waals surface area contributed by atoms with Crippen LogP contribution in [-0.4, -0.2) is 28.4 Å². The van der Waals surface area contributed by atoms with Crippen LogP contribution in [0.15, 0.2) is 40.0 Å². The zero-order chi connectivity index (χ0) is 15.0. The van der Waals surface area contributed by atoms with Crippen LogP contribution in [0.25, 0.3) is 11.2 Å². The van der Waals surface area contributed by atoms with Crippen LogP contribution in [0.5, 0.6) is 0 Å². The Balaban J connectivity index is 2.01. The fourth-order valence-electron chi connectivity index (χ4n) is 1.66. The first kappa shape index (κ1) is 14.2. The number of nitrogens with zero attached hydrogens (tertiary/aromatic N) is 3. The lowest BCUT2D eigenvalue weighted by molar-refractivity contribution is 0.601. The molecule has 2 aromatic heterocycles. The Bertz CT molecular complexity index is 927.